The summed E-state index contributed by atoms with van der Waals surface area (Å²) in [5.41, 5.74) is 1.31. The minimum Gasteiger partial charge on any atom is -0.444 e. The van der Waals surface area contributed by atoms with Crippen molar-refractivity contribution in [3.63, 3.8) is 0 Å². The van der Waals surface area contributed by atoms with Gasteiger partial charge in [-0.05, 0) is 54.4 Å². The molecule has 2 heterocycles. The number of amides is 1. The van der Waals surface area contributed by atoms with Crippen molar-refractivity contribution in [3.8, 4) is 0 Å². The summed E-state index contributed by atoms with van der Waals surface area (Å²) in [5.74, 6) is 0. The van der Waals surface area contributed by atoms with Gasteiger partial charge in [0.05, 0.1) is 10.2 Å². The van der Waals surface area contributed by atoms with E-state index in [0.717, 1.165) is 20.4 Å². The van der Waals surface area contributed by atoms with E-state index in [0.29, 0.717) is 11.6 Å². The fourth-order valence-electron chi connectivity index (χ4n) is 2.11. The van der Waals surface area contributed by atoms with Crippen LogP contribution in [0.4, 0.5) is 9.93 Å². The molecule has 0 radical (unpaired) electrons. The van der Waals surface area contributed by atoms with Gasteiger partial charge in [-0.1, -0.05) is 22.6 Å². The molecule has 1 aliphatic rings. The molecule has 1 N–H and O–H groups in total. The third kappa shape index (κ3) is 4.00. The Hall–Kier alpha value is -1.67. The van der Waals surface area contributed by atoms with Crippen molar-refractivity contribution in [3.05, 3.63) is 23.8 Å². The second-order valence-corrected chi connectivity index (χ2v) is 8.08. The Morgan fingerprint density at radius 1 is 1.48 bits per heavy atom. The third-order valence-corrected chi connectivity index (χ3v) is 4.43. The molecule has 1 amide bonds. The molecule has 0 fully saturated rings. The Morgan fingerprint density at radius 3 is 2.91 bits per heavy atom. The van der Waals surface area contributed by atoms with Crippen LogP contribution in [-0.4, -0.2) is 21.3 Å². The van der Waals surface area contributed by atoms with Crippen LogP contribution >= 0.6 is 27.3 Å². The molecule has 1 aliphatic heterocycles. The summed E-state index contributed by atoms with van der Waals surface area (Å²) in [6, 6.07) is 5.89. The number of nitrogens with one attached hydrogen (secondary N) is 1. The number of aromatic nitrogens is 1. The van der Waals surface area contributed by atoms with Crippen LogP contribution < -0.4 is 5.32 Å². The van der Waals surface area contributed by atoms with E-state index in [1.54, 1.807) is 0 Å². The lowest BCUT2D eigenvalue weighted by atomic mass is 10.1. The van der Waals surface area contributed by atoms with E-state index >= 15 is 0 Å². The number of halogens is 1. The molecule has 0 saturated carbocycles. The molecule has 1 atom stereocenters. The minimum atomic E-state index is -0.541. The molecule has 8 heteroatoms. The number of rotatable bonds is 2. The lowest BCUT2D eigenvalue weighted by Crippen LogP contribution is -2.27. The van der Waals surface area contributed by atoms with Gasteiger partial charge in [0.2, 0.25) is 0 Å². The maximum Gasteiger partial charge on any atom is 0.413 e. The van der Waals surface area contributed by atoms with Crippen LogP contribution in [0.5, 0.6) is 0 Å². The van der Waals surface area contributed by atoms with Crippen molar-refractivity contribution in [2.24, 2.45) is 5.16 Å². The standard InChI is InChI=1S/C15H16BrN3O3S/c1-15(2,3)21-14(20)18-13-17-9-5-4-8(6-11(9)23-13)10-7-12(16)19-22-10/h4-6,10H,7H2,1-3H3,(H,17,18,20)/t10-/m1/s1. The Labute approximate surface area is 146 Å². The van der Waals surface area contributed by atoms with Crippen LogP contribution in [0.3, 0.4) is 0 Å². The van der Waals surface area contributed by atoms with E-state index in [1.165, 1.54) is 11.3 Å². The topological polar surface area (TPSA) is 72.8 Å². The van der Waals surface area contributed by atoms with Crippen molar-refractivity contribution in [2.45, 2.75) is 38.9 Å². The molecule has 2 aromatic rings. The number of hydrogen-bond donors (Lipinski definition) is 1. The Bertz CT molecular complexity index is 782. The number of anilines is 1. The summed E-state index contributed by atoms with van der Waals surface area (Å²) in [6.45, 7) is 5.46. The van der Waals surface area contributed by atoms with Crippen LogP contribution in [0.25, 0.3) is 10.2 Å². The highest BCUT2D eigenvalue weighted by Crippen LogP contribution is 2.33. The fourth-order valence-corrected chi connectivity index (χ4v) is 3.39. The number of ether oxygens (including phenoxy) is 1. The smallest absolute Gasteiger partial charge is 0.413 e. The SMILES string of the molecule is CC(C)(C)OC(=O)Nc1nc2ccc([C@H]3CC(Br)=NO3)cc2s1. The van der Waals surface area contributed by atoms with Crippen molar-refractivity contribution in [2.75, 3.05) is 5.32 Å². The Kier molecular flexibility index (Phi) is 4.29. The normalized spacial score (nSPS) is 17.7. The zero-order valence-corrected chi connectivity index (χ0v) is 15.3. The zero-order valence-electron chi connectivity index (χ0n) is 12.9. The van der Waals surface area contributed by atoms with Crippen molar-refractivity contribution >= 4 is 53.3 Å². The molecule has 0 spiro atoms. The highest BCUT2D eigenvalue weighted by molar-refractivity contribution is 9.18. The van der Waals surface area contributed by atoms with Crippen LogP contribution in [0.15, 0.2) is 23.4 Å². The van der Waals surface area contributed by atoms with Gasteiger partial charge in [0.1, 0.15) is 10.2 Å². The van der Waals surface area contributed by atoms with Gasteiger partial charge in [-0.25, -0.2) is 9.78 Å². The van der Waals surface area contributed by atoms with Gasteiger partial charge in [-0.3, -0.25) is 5.32 Å². The summed E-state index contributed by atoms with van der Waals surface area (Å²) in [7, 11) is 0. The van der Waals surface area contributed by atoms with Crippen LogP contribution in [0.1, 0.15) is 38.9 Å². The molecule has 3 rings (SSSR count). The van der Waals surface area contributed by atoms with Gasteiger partial charge in [-0.15, -0.1) is 0 Å². The number of fused-ring (bicyclic) bond motifs is 1. The van der Waals surface area contributed by atoms with E-state index < -0.39 is 11.7 Å². The average molecular weight is 398 g/mol. The number of oxime groups is 1. The van der Waals surface area contributed by atoms with Crippen molar-refractivity contribution in [1.82, 2.24) is 4.98 Å². The molecule has 1 aromatic heterocycles. The summed E-state index contributed by atoms with van der Waals surface area (Å²) < 4.78 is 7.01. The first kappa shape index (κ1) is 16.2. The van der Waals surface area contributed by atoms with Gasteiger partial charge in [0, 0.05) is 6.42 Å². The van der Waals surface area contributed by atoms with Gasteiger partial charge >= 0.3 is 6.09 Å². The van der Waals surface area contributed by atoms with Gasteiger partial charge in [0.25, 0.3) is 0 Å². The molecule has 0 unspecified atom stereocenters. The fraction of sp³-hybridized carbons (Fsp3) is 0.400. The number of hydrogen-bond acceptors (Lipinski definition) is 6. The number of nitrogens with zero attached hydrogens (tertiary/aromatic N) is 2. The predicted octanol–water partition coefficient (Wildman–Crippen LogP) is 4.81. The van der Waals surface area contributed by atoms with Gasteiger partial charge < -0.3 is 9.57 Å². The number of carbonyl (C=O) groups excluding carboxylic acids is 1. The monoisotopic (exact) mass is 397 g/mol. The molecule has 122 valence electrons. The minimum absolute atomic E-state index is 0.0851. The molecule has 0 saturated heterocycles. The lowest BCUT2D eigenvalue weighted by Gasteiger charge is -2.18. The maximum atomic E-state index is 11.8. The van der Waals surface area contributed by atoms with Crippen LogP contribution in [-0.2, 0) is 9.57 Å². The average Bonchev–Trinajstić information content (AvgIpc) is 3.00. The molecule has 0 bridgehead atoms. The number of benzene rings is 1. The highest BCUT2D eigenvalue weighted by Gasteiger charge is 2.22. The Balaban J connectivity index is 1.76. The van der Waals surface area contributed by atoms with E-state index in [9.17, 15) is 4.79 Å². The zero-order chi connectivity index (χ0) is 16.6. The third-order valence-electron chi connectivity index (χ3n) is 3.02. The molecule has 0 aliphatic carbocycles. The molecule has 6 nitrogen and oxygen atoms in total. The second kappa shape index (κ2) is 6.09. The molecular formula is C15H16BrN3O3S. The van der Waals surface area contributed by atoms with Crippen molar-refractivity contribution < 1.29 is 14.4 Å². The van der Waals surface area contributed by atoms with Crippen LogP contribution in [0, 0.1) is 0 Å². The predicted molar refractivity (Wildman–Crippen MR) is 94.3 cm³/mol. The van der Waals surface area contributed by atoms with Gasteiger partial charge in [-0.2, -0.15) is 0 Å². The first-order valence-electron chi connectivity index (χ1n) is 7.09. The van der Waals surface area contributed by atoms with Crippen molar-refractivity contribution in [1.29, 1.82) is 0 Å². The number of carbonyl (C=O) groups is 1. The number of thiazole rings is 1. The second-order valence-electron chi connectivity index (χ2n) is 6.14. The summed E-state index contributed by atoms with van der Waals surface area (Å²) in [5, 5.41) is 7.08. The quantitative estimate of drug-likeness (QED) is 0.788. The highest BCUT2D eigenvalue weighted by atomic mass is 79.9. The first-order chi connectivity index (χ1) is 10.8. The largest absolute Gasteiger partial charge is 0.444 e. The summed E-state index contributed by atoms with van der Waals surface area (Å²) in [4.78, 5) is 21.6. The van der Waals surface area contributed by atoms with E-state index in [4.69, 9.17) is 9.57 Å². The van der Waals surface area contributed by atoms with E-state index in [2.05, 4.69) is 31.4 Å². The molecule has 23 heavy (non-hydrogen) atoms. The molecule has 1 aromatic carbocycles. The van der Waals surface area contributed by atoms with Crippen LogP contribution in [0.2, 0.25) is 0 Å². The maximum absolute atomic E-state index is 11.8. The summed E-state index contributed by atoms with van der Waals surface area (Å²) in [6.07, 6.45) is 0.124. The van der Waals surface area contributed by atoms with E-state index in [1.807, 2.05) is 39.0 Å². The van der Waals surface area contributed by atoms with Gasteiger partial charge in [0.15, 0.2) is 11.2 Å². The molecular weight excluding hydrogens is 382 g/mol. The van der Waals surface area contributed by atoms with E-state index in [-0.39, 0.29) is 6.10 Å². The summed E-state index contributed by atoms with van der Waals surface area (Å²) >= 11 is 4.73. The lowest BCUT2D eigenvalue weighted by molar-refractivity contribution is 0.0636. The Morgan fingerprint density at radius 2 is 2.26 bits per heavy atom. The first-order valence-corrected chi connectivity index (χ1v) is 8.70.